The number of carbonyl (C=O) groups is 2. The van der Waals surface area contributed by atoms with E-state index in [1.807, 2.05) is 42.0 Å². The van der Waals surface area contributed by atoms with E-state index in [-0.39, 0.29) is 17.7 Å². The Bertz CT molecular complexity index is 1020. The lowest BCUT2D eigenvalue weighted by Gasteiger charge is -2.13. The van der Waals surface area contributed by atoms with Crippen molar-refractivity contribution in [2.24, 2.45) is 0 Å². The average molecular weight is 408 g/mol. The van der Waals surface area contributed by atoms with Gasteiger partial charge < -0.3 is 5.32 Å². The van der Waals surface area contributed by atoms with E-state index in [2.05, 4.69) is 42.3 Å². The van der Waals surface area contributed by atoms with Crippen LogP contribution in [0.2, 0.25) is 0 Å². The number of carbonyl (C=O) groups excluding carboxylic acids is 2. The molecule has 1 amide bonds. The van der Waals surface area contributed by atoms with Crippen molar-refractivity contribution in [2.45, 2.75) is 38.9 Å². The monoisotopic (exact) mass is 407 g/mol. The molecule has 5 nitrogen and oxygen atoms in total. The molecule has 1 heterocycles. The van der Waals surface area contributed by atoms with E-state index in [0.717, 1.165) is 22.0 Å². The van der Waals surface area contributed by atoms with Gasteiger partial charge in [0.25, 0.3) is 0 Å². The van der Waals surface area contributed by atoms with Crippen LogP contribution in [-0.4, -0.2) is 27.0 Å². The molecule has 0 radical (unpaired) electrons. The predicted octanol–water partition coefficient (Wildman–Crippen LogP) is 4.66. The van der Waals surface area contributed by atoms with Crippen molar-refractivity contribution < 1.29 is 9.59 Å². The minimum absolute atomic E-state index is 0.0456. The molecule has 0 spiro atoms. The zero-order valence-electron chi connectivity index (χ0n) is 17.1. The molecular formula is C23H25N3O2S. The number of ketones is 1. The molecule has 1 N–H and O–H groups in total. The fourth-order valence-electron chi connectivity index (χ4n) is 3.12. The van der Waals surface area contributed by atoms with Gasteiger partial charge in [0, 0.05) is 24.9 Å². The second-order valence-electron chi connectivity index (χ2n) is 7.13. The first kappa shape index (κ1) is 20.9. The predicted molar refractivity (Wildman–Crippen MR) is 117 cm³/mol. The zero-order valence-corrected chi connectivity index (χ0v) is 17.9. The highest BCUT2D eigenvalue weighted by molar-refractivity contribution is 7.99. The van der Waals surface area contributed by atoms with Gasteiger partial charge in [0.15, 0.2) is 10.9 Å². The number of Topliss-reactive ketones (excluding diaryl/α,β-unsaturated/α-hetero) is 1. The van der Waals surface area contributed by atoms with E-state index >= 15 is 0 Å². The van der Waals surface area contributed by atoms with Gasteiger partial charge in [-0.05, 0) is 43.5 Å². The first-order chi connectivity index (χ1) is 13.8. The minimum atomic E-state index is -0.0870. The van der Waals surface area contributed by atoms with Gasteiger partial charge >= 0.3 is 0 Å². The van der Waals surface area contributed by atoms with Gasteiger partial charge in [0.05, 0.1) is 17.5 Å². The maximum atomic E-state index is 12.6. The summed E-state index contributed by atoms with van der Waals surface area (Å²) < 4.78 is 2.03. The summed E-state index contributed by atoms with van der Waals surface area (Å²) in [5.74, 6) is 0.278. The van der Waals surface area contributed by atoms with Crippen LogP contribution in [0.5, 0.6) is 0 Å². The molecule has 2 aromatic carbocycles. The van der Waals surface area contributed by atoms with Gasteiger partial charge in [-0.3, -0.25) is 14.2 Å². The topological polar surface area (TPSA) is 64.0 Å². The average Bonchev–Trinajstić information content (AvgIpc) is 3.16. The van der Waals surface area contributed by atoms with Gasteiger partial charge in [-0.25, -0.2) is 4.98 Å². The van der Waals surface area contributed by atoms with E-state index in [0.29, 0.717) is 11.3 Å². The standard InChI is InChI=1S/C23H25N3O2S/c1-15-5-6-16(2)21(13-15)26-12-11-24-23(26)29-14-22(28)20-9-7-19(8-10-20)17(3)25-18(4)27/h5-13,17H,14H2,1-4H3,(H,25,27). The molecule has 0 aliphatic carbocycles. The van der Waals surface area contributed by atoms with E-state index in [4.69, 9.17) is 0 Å². The molecule has 1 aromatic heterocycles. The molecule has 0 saturated carbocycles. The SMILES string of the molecule is CC(=O)NC(C)c1ccc(C(=O)CSc2nccn2-c2cc(C)ccc2C)cc1. The molecule has 0 saturated heterocycles. The van der Waals surface area contributed by atoms with E-state index in [1.54, 1.807) is 6.20 Å². The van der Waals surface area contributed by atoms with E-state index in [1.165, 1.54) is 24.2 Å². The lowest BCUT2D eigenvalue weighted by atomic mass is 10.0. The Labute approximate surface area is 175 Å². The Balaban J connectivity index is 1.68. The van der Waals surface area contributed by atoms with Crippen LogP contribution in [0, 0.1) is 13.8 Å². The van der Waals surface area contributed by atoms with Gasteiger partial charge in [0.2, 0.25) is 5.91 Å². The number of rotatable bonds is 7. The van der Waals surface area contributed by atoms with Crippen molar-refractivity contribution in [2.75, 3.05) is 5.75 Å². The molecular weight excluding hydrogens is 382 g/mol. The van der Waals surface area contributed by atoms with Crippen LogP contribution < -0.4 is 5.32 Å². The number of imidazole rings is 1. The number of amides is 1. The lowest BCUT2D eigenvalue weighted by molar-refractivity contribution is -0.119. The molecule has 3 rings (SSSR count). The first-order valence-electron chi connectivity index (χ1n) is 9.49. The summed E-state index contributed by atoms with van der Waals surface area (Å²) in [6, 6.07) is 13.6. The normalized spacial score (nSPS) is 11.9. The number of aromatic nitrogens is 2. The number of nitrogens with zero attached hydrogens (tertiary/aromatic N) is 2. The van der Waals surface area contributed by atoms with Crippen LogP contribution in [-0.2, 0) is 4.79 Å². The third-order valence-electron chi connectivity index (χ3n) is 4.72. The van der Waals surface area contributed by atoms with E-state index in [9.17, 15) is 9.59 Å². The summed E-state index contributed by atoms with van der Waals surface area (Å²) in [7, 11) is 0. The Morgan fingerprint density at radius 2 is 1.86 bits per heavy atom. The Kier molecular flexibility index (Phi) is 6.54. The second-order valence-corrected chi connectivity index (χ2v) is 8.07. The third-order valence-corrected chi connectivity index (χ3v) is 5.68. The first-order valence-corrected chi connectivity index (χ1v) is 10.5. The Morgan fingerprint density at radius 3 is 2.55 bits per heavy atom. The maximum absolute atomic E-state index is 12.6. The number of benzene rings is 2. The summed E-state index contributed by atoms with van der Waals surface area (Å²) in [6.45, 7) is 7.54. The number of aryl methyl sites for hydroxylation is 2. The van der Waals surface area contributed by atoms with Crippen LogP contribution in [0.3, 0.4) is 0 Å². The van der Waals surface area contributed by atoms with Crippen LogP contribution >= 0.6 is 11.8 Å². The summed E-state index contributed by atoms with van der Waals surface area (Å²) in [5.41, 5.74) is 5.04. The molecule has 0 aliphatic rings. The van der Waals surface area contributed by atoms with Crippen molar-refractivity contribution in [1.29, 1.82) is 0 Å². The quantitative estimate of drug-likeness (QED) is 0.457. The largest absolute Gasteiger partial charge is 0.350 e. The summed E-state index contributed by atoms with van der Waals surface area (Å²) in [6.07, 6.45) is 3.68. The zero-order chi connectivity index (χ0) is 21.0. The number of nitrogens with one attached hydrogen (secondary N) is 1. The Hall–Kier alpha value is -2.86. The molecule has 1 atom stereocenters. The number of thioether (sulfide) groups is 1. The fraction of sp³-hybridized carbons (Fsp3) is 0.261. The molecule has 0 fully saturated rings. The summed E-state index contributed by atoms with van der Waals surface area (Å²) in [5, 5.41) is 3.64. The Morgan fingerprint density at radius 1 is 1.14 bits per heavy atom. The van der Waals surface area contributed by atoms with Gasteiger partial charge in [-0.2, -0.15) is 0 Å². The molecule has 0 aliphatic heterocycles. The van der Waals surface area contributed by atoms with Crippen molar-refractivity contribution in [1.82, 2.24) is 14.9 Å². The highest BCUT2D eigenvalue weighted by atomic mass is 32.2. The van der Waals surface area contributed by atoms with Gasteiger partial charge in [0.1, 0.15) is 0 Å². The summed E-state index contributed by atoms with van der Waals surface area (Å²) >= 11 is 1.43. The summed E-state index contributed by atoms with van der Waals surface area (Å²) in [4.78, 5) is 28.3. The molecule has 29 heavy (non-hydrogen) atoms. The van der Waals surface area contributed by atoms with Gasteiger partial charge in [-0.1, -0.05) is 48.2 Å². The molecule has 3 aromatic rings. The highest BCUT2D eigenvalue weighted by Gasteiger charge is 2.13. The second kappa shape index (κ2) is 9.09. The van der Waals surface area contributed by atoms with Crippen LogP contribution in [0.15, 0.2) is 60.0 Å². The molecule has 0 bridgehead atoms. The van der Waals surface area contributed by atoms with Crippen molar-refractivity contribution >= 4 is 23.5 Å². The van der Waals surface area contributed by atoms with Crippen LogP contribution in [0.25, 0.3) is 5.69 Å². The van der Waals surface area contributed by atoms with Crippen molar-refractivity contribution in [3.05, 3.63) is 77.1 Å². The minimum Gasteiger partial charge on any atom is -0.350 e. The number of hydrogen-bond donors (Lipinski definition) is 1. The lowest BCUT2D eigenvalue weighted by Crippen LogP contribution is -2.23. The molecule has 6 heteroatoms. The third kappa shape index (κ3) is 5.15. The van der Waals surface area contributed by atoms with E-state index < -0.39 is 0 Å². The van der Waals surface area contributed by atoms with Gasteiger partial charge in [-0.15, -0.1) is 0 Å². The van der Waals surface area contributed by atoms with Crippen molar-refractivity contribution in [3.63, 3.8) is 0 Å². The smallest absolute Gasteiger partial charge is 0.217 e. The fourth-order valence-corrected chi connectivity index (χ4v) is 3.98. The number of hydrogen-bond acceptors (Lipinski definition) is 4. The van der Waals surface area contributed by atoms with Crippen LogP contribution in [0.4, 0.5) is 0 Å². The maximum Gasteiger partial charge on any atom is 0.217 e. The van der Waals surface area contributed by atoms with Crippen LogP contribution in [0.1, 0.15) is 46.9 Å². The molecule has 1 unspecified atom stereocenters. The van der Waals surface area contributed by atoms with Crippen molar-refractivity contribution in [3.8, 4) is 5.69 Å². The molecule has 150 valence electrons. The highest BCUT2D eigenvalue weighted by Crippen LogP contribution is 2.24.